The molecule has 0 aliphatic rings. The predicted octanol–water partition coefficient (Wildman–Crippen LogP) is 2.99. The van der Waals surface area contributed by atoms with Crippen molar-refractivity contribution < 1.29 is 14.3 Å². The lowest BCUT2D eigenvalue weighted by Gasteiger charge is -2.31. The molecule has 0 spiro atoms. The van der Waals surface area contributed by atoms with Gasteiger partial charge in [0.1, 0.15) is 6.29 Å². The minimum Gasteiger partial charge on any atom is -0.346 e. The van der Waals surface area contributed by atoms with E-state index in [2.05, 4.69) is 0 Å². The molecule has 0 saturated carbocycles. The van der Waals surface area contributed by atoms with Crippen LogP contribution in [0.4, 0.5) is 0 Å². The molecule has 0 heterocycles. The first-order valence-corrected chi connectivity index (χ1v) is 5.98. The number of hydrogen-bond donors (Lipinski definition) is 0. The fraction of sp³-hybridized carbons (Fsp3) is 0.188. The van der Waals surface area contributed by atoms with E-state index in [9.17, 15) is 4.79 Å². The van der Waals surface area contributed by atoms with E-state index >= 15 is 0 Å². The van der Waals surface area contributed by atoms with E-state index in [1.807, 2.05) is 42.5 Å². The molecule has 3 nitrogen and oxygen atoms in total. The van der Waals surface area contributed by atoms with E-state index in [1.54, 1.807) is 26.4 Å². The Morgan fingerprint density at radius 3 is 1.84 bits per heavy atom. The molecular formula is C16H16O3. The minimum atomic E-state index is -0.956. The molecule has 2 rings (SSSR count). The van der Waals surface area contributed by atoms with Crippen LogP contribution in [0.1, 0.15) is 21.5 Å². The summed E-state index contributed by atoms with van der Waals surface area (Å²) >= 11 is 0. The number of rotatable bonds is 5. The van der Waals surface area contributed by atoms with E-state index in [4.69, 9.17) is 9.47 Å². The Labute approximate surface area is 112 Å². The van der Waals surface area contributed by atoms with Gasteiger partial charge in [-0.25, -0.2) is 0 Å². The number of ether oxygens (including phenoxy) is 2. The third-order valence-electron chi connectivity index (χ3n) is 3.16. The molecule has 0 aliphatic heterocycles. The molecule has 0 aliphatic carbocycles. The van der Waals surface area contributed by atoms with Crippen molar-refractivity contribution in [2.75, 3.05) is 14.2 Å². The van der Waals surface area contributed by atoms with Gasteiger partial charge >= 0.3 is 0 Å². The summed E-state index contributed by atoms with van der Waals surface area (Å²) in [6.07, 6.45) is 0.813. The first-order valence-electron chi connectivity index (χ1n) is 5.98. The third kappa shape index (κ3) is 2.43. The monoisotopic (exact) mass is 256 g/mol. The van der Waals surface area contributed by atoms with Gasteiger partial charge in [0.2, 0.25) is 5.79 Å². The maximum absolute atomic E-state index is 10.7. The predicted molar refractivity (Wildman–Crippen MR) is 73.1 cm³/mol. The number of aldehydes is 1. The smallest absolute Gasteiger partial charge is 0.221 e. The van der Waals surface area contributed by atoms with Crippen molar-refractivity contribution >= 4 is 6.29 Å². The summed E-state index contributed by atoms with van der Waals surface area (Å²) in [4.78, 5) is 10.7. The molecule has 0 saturated heterocycles. The first-order chi connectivity index (χ1) is 9.26. The molecule has 2 aromatic carbocycles. The van der Waals surface area contributed by atoms with E-state index < -0.39 is 5.79 Å². The maximum atomic E-state index is 10.7. The van der Waals surface area contributed by atoms with Crippen LogP contribution in [0.25, 0.3) is 0 Å². The van der Waals surface area contributed by atoms with Gasteiger partial charge in [-0.3, -0.25) is 4.79 Å². The van der Waals surface area contributed by atoms with Crippen molar-refractivity contribution in [2.45, 2.75) is 5.79 Å². The number of methoxy groups -OCH3 is 2. The van der Waals surface area contributed by atoms with Gasteiger partial charge in [0.15, 0.2) is 0 Å². The lowest BCUT2D eigenvalue weighted by atomic mass is 9.96. The Kier molecular flexibility index (Phi) is 4.10. The summed E-state index contributed by atoms with van der Waals surface area (Å²) in [6, 6.07) is 16.9. The van der Waals surface area contributed by atoms with Crippen molar-refractivity contribution in [3.05, 3.63) is 71.3 Å². The summed E-state index contributed by atoms with van der Waals surface area (Å²) in [5.41, 5.74) is 2.37. The summed E-state index contributed by atoms with van der Waals surface area (Å²) in [6.45, 7) is 0. The molecule has 0 N–H and O–H groups in total. The van der Waals surface area contributed by atoms with E-state index in [0.717, 1.165) is 17.4 Å². The van der Waals surface area contributed by atoms with Crippen molar-refractivity contribution in [1.82, 2.24) is 0 Å². The number of benzene rings is 2. The second kappa shape index (κ2) is 5.78. The average Bonchev–Trinajstić information content (AvgIpc) is 2.51. The summed E-state index contributed by atoms with van der Waals surface area (Å²) in [5, 5.41) is 0. The fourth-order valence-corrected chi connectivity index (χ4v) is 2.16. The number of carbonyl (C=O) groups excluding carboxylic acids is 1. The zero-order chi connectivity index (χ0) is 13.7. The molecule has 0 unspecified atom stereocenters. The van der Waals surface area contributed by atoms with Gasteiger partial charge in [0.05, 0.1) is 0 Å². The molecule has 0 fully saturated rings. The molecule has 0 amide bonds. The zero-order valence-electron chi connectivity index (χ0n) is 11.0. The largest absolute Gasteiger partial charge is 0.346 e. The van der Waals surface area contributed by atoms with Crippen LogP contribution in [0.15, 0.2) is 54.6 Å². The molecule has 3 heteroatoms. The van der Waals surface area contributed by atoms with Crippen LogP contribution in [0, 0.1) is 0 Å². The summed E-state index contributed by atoms with van der Waals surface area (Å²) in [7, 11) is 3.20. The van der Waals surface area contributed by atoms with Gasteiger partial charge in [-0.05, 0) is 0 Å². The van der Waals surface area contributed by atoms with Crippen molar-refractivity contribution in [3.8, 4) is 0 Å². The Hall–Kier alpha value is -1.97. The second-order valence-electron chi connectivity index (χ2n) is 4.13. The molecule has 0 radical (unpaired) electrons. The molecule has 2 aromatic rings. The maximum Gasteiger partial charge on any atom is 0.221 e. The highest BCUT2D eigenvalue weighted by molar-refractivity contribution is 5.74. The molecule has 98 valence electrons. The number of hydrogen-bond acceptors (Lipinski definition) is 3. The highest BCUT2D eigenvalue weighted by atomic mass is 16.7. The zero-order valence-corrected chi connectivity index (χ0v) is 11.0. The van der Waals surface area contributed by atoms with Gasteiger partial charge in [-0.1, -0.05) is 54.6 Å². The van der Waals surface area contributed by atoms with Crippen LogP contribution in [0.5, 0.6) is 0 Å². The van der Waals surface area contributed by atoms with Crippen LogP contribution in [-0.4, -0.2) is 20.5 Å². The van der Waals surface area contributed by atoms with Crippen LogP contribution >= 0.6 is 0 Å². The van der Waals surface area contributed by atoms with Gasteiger partial charge < -0.3 is 9.47 Å². The number of carbonyl (C=O) groups is 1. The average molecular weight is 256 g/mol. The third-order valence-corrected chi connectivity index (χ3v) is 3.16. The molecular weight excluding hydrogens is 240 g/mol. The Bertz CT molecular complexity index is 528. The summed E-state index contributed by atoms with van der Waals surface area (Å²) < 4.78 is 11.2. The van der Waals surface area contributed by atoms with Crippen molar-refractivity contribution in [2.24, 2.45) is 0 Å². The van der Waals surface area contributed by atoms with E-state index in [1.165, 1.54) is 0 Å². The first kappa shape index (κ1) is 13.5. The highest BCUT2D eigenvalue weighted by Gasteiger charge is 2.34. The van der Waals surface area contributed by atoms with Crippen molar-refractivity contribution in [3.63, 3.8) is 0 Å². The topological polar surface area (TPSA) is 35.5 Å². The minimum absolute atomic E-state index is 0.623. The lowest BCUT2D eigenvalue weighted by Crippen LogP contribution is -2.32. The van der Waals surface area contributed by atoms with Gasteiger partial charge in [0, 0.05) is 30.9 Å². The van der Waals surface area contributed by atoms with E-state index in [0.29, 0.717) is 5.56 Å². The quantitative estimate of drug-likeness (QED) is 0.609. The van der Waals surface area contributed by atoms with Crippen LogP contribution in [0.2, 0.25) is 0 Å². The van der Waals surface area contributed by atoms with E-state index in [-0.39, 0.29) is 0 Å². The lowest BCUT2D eigenvalue weighted by molar-refractivity contribution is -0.183. The molecule has 0 aromatic heterocycles. The Balaban J connectivity index is 2.52. The van der Waals surface area contributed by atoms with Crippen LogP contribution < -0.4 is 0 Å². The Morgan fingerprint density at radius 1 is 0.842 bits per heavy atom. The highest BCUT2D eigenvalue weighted by Crippen LogP contribution is 2.33. The fourth-order valence-electron chi connectivity index (χ4n) is 2.16. The SMILES string of the molecule is COC(OC)(c1ccccc1)c1ccc(C=O)cc1. The second-order valence-corrected chi connectivity index (χ2v) is 4.13. The summed E-state index contributed by atoms with van der Waals surface area (Å²) in [5.74, 6) is -0.956. The molecule has 19 heavy (non-hydrogen) atoms. The standard InChI is InChI=1S/C16H16O3/c1-18-16(19-2,14-6-4-3-5-7-14)15-10-8-13(12-17)9-11-15/h3-12H,1-2H3. The normalized spacial score (nSPS) is 11.3. The molecule has 0 atom stereocenters. The van der Waals surface area contributed by atoms with Crippen LogP contribution in [0.3, 0.4) is 0 Å². The van der Waals surface area contributed by atoms with Gasteiger partial charge in [-0.2, -0.15) is 0 Å². The van der Waals surface area contributed by atoms with Gasteiger partial charge in [-0.15, -0.1) is 0 Å². The van der Waals surface area contributed by atoms with Gasteiger partial charge in [0.25, 0.3) is 0 Å². The Morgan fingerprint density at radius 2 is 1.37 bits per heavy atom. The van der Waals surface area contributed by atoms with Crippen LogP contribution in [-0.2, 0) is 15.3 Å². The molecule has 0 bridgehead atoms. The van der Waals surface area contributed by atoms with Crippen molar-refractivity contribution in [1.29, 1.82) is 0 Å².